The minimum Gasteiger partial charge on any atom is -0.467 e. The molecule has 2 N–H and O–H groups in total. The molecule has 3 aromatic heterocycles. The molecule has 0 unspecified atom stereocenters. The third-order valence-corrected chi connectivity index (χ3v) is 6.58. The van der Waals surface area contributed by atoms with Crippen LogP contribution >= 0.6 is 11.3 Å². The lowest BCUT2D eigenvalue weighted by Crippen LogP contribution is -2.31. The minimum absolute atomic E-state index is 0.0295. The molecular formula is C20H25N5O2S. The lowest BCUT2D eigenvalue weighted by atomic mass is 10.1. The molecule has 3 aromatic rings. The van der Waals surface area contributed by atoms with Gasteiger partial charge >= 0.3 is 0 Å². The topological polar surface area (TPSA) is 83.3 Å². The summed E-state index contributed by atoms with van der Waals surface area (Å²) in [5.74, 6) is 1.52. The smallest absolute Gasteiger partial charge is 0.261 e. The van der Waals surface area contributed by atoms with Gasteiger partial charge in [0.2, 0.25) is 0 Å². The van der Waals surface area contributed by atoms with Gasteiger partial charge in [0.15, 0.2) is 0 Å². The normalized spacial score (nSPS) is 17.3. The van der Waals surface area contributed by atoms with E-state index in [9.17, 15) is 4.79 Å². The van der Waals surface area contributed by atoms with Crippen LogP contribution in [0.5, 0.6) is 0 Å². The van der Waals surface area contributed by atoms with Gasteiger partial charge in [-0.15, -0.1) is 11.3 Å². The molecule has 0 aliphatic carbocycles. The number of hydrogen-bond acceptors (Lipinski definition) is 7. The second kappa shape index (κ2) is 8.28. The molecule has 4 heterocycles. The van der Waals surface area contributed by atoms with E-state index in [-0.39, 0.29) is 5.91 Å². The van der Waals surface area contributed by atoms with Crippen molar-refractivity contribution in [1.29, 1.82) is 0 Å². The van der Waals surface area contributed by atoms with Gasteiger partial charge in [0, 0.05) is 12.6 Å². The van der Waals surface area contributed by atoms with Gasteiger partial charge in [-0.2, -0.15) is 0 Å². The summed E-state index contributed by atoms with van der Waals surface area (Å²) in [6, 6.07) is 4.34. The molecule has 0 spiro atoms. The quantitative estimate of drug-likeness (QED) is 0.633. The van der Waals surface area contributed by atoms with Gasteiger partial charge < -0.3 is 20.0 Å². The van der Waals surface area contributed by atoms with E-state index >= 15 is 0 Å². The molecule has 148 valence electrons. The lowest BCUT2D eigenvalue weighted by molar-refractivity contribution is 0.0954. The Morgan fingerprint density at radius 2 is 2.32 bits per heavy atom. The third kappa shape index (κ3) is 3.88. The van der Waals surface area contributed by atoms with Crippen LogP contribution in [0.1, 0.15) is 40.3 Å². The average Bonchev–Trinajstić information content (AvgIpc) is 3.42. The second-order valence-corrected chi connectivity index (χ2v) is 8.21. The first-order chi connectivity index (χ1) is 13.6. The highest BCUT2D eigenvalue weighted by atomic mass is 32.1. The number of nitrogens with one attached hydrogen (secondary N) is 2. The van der Waals surface area contributed by atoms with Crippen molar-refractivity contribution in [2.24, 2.45) is 0 Å². The summed E-state index contributed by atoms with van der Waals surface area (Å²) >= 11 is 1.42. The van der Waals surface area contributed by atoms with Crippen molar-refractivity contribution in [2.45, 2.75) is 38.8 Å². The molecule has 7 nitrogen and oxygen atoms in total. The maximum atomic E-state index is 12.7. The molecule has 1 aliphatic rings. The van der Waals surface area contributed by atoms with E-state index in [1.165, 1.54) is 30.5 Å². The Hall–Kier alpha value is -2.45. The van der Waals surface area contributed by atoms with E-state index < -0.39 is 0 Å². The van der Waals surface area contributed by atoms with Gasteiger partial charge in [0.05, 0.1) is 23.1 Å². The molecular weight excluding hydrogens is 374 g/mol. The number of fused-ring (bicyclic) bond motifs is 1. The van der Waals surface area contributed by atoms with Gasteiger partial charge in [-0.1, -0.05) is 0 Å². The highest BCUT2D eigenvalue weighted by molar-refractivity contribution is 7.20. The summed E-state index contributed by atoms with van der Waals surface area (Å²) in [5.41, 5.74) is 0.915. The molecule has 8 heteroatoms. The highest BCUT2D eigenvalue weighted by Crippen LogP contribution is 2.33. The van der Waals surface area contributed by atoms with Crippen molar-refractivity contribution in [1.82, 2.24) is 20.2 Å². The van der Waals surface area contributed by atoms with Gasteiger partial charge in [-0.05, 0) is 57.5 Å². The Balaban J connectivity index is 1.46. The largest absolute Gasteiger partial charge is 0.467 e. The van der Waals surface area contributed by atoms with E-state index in [4.69, 9.17) is 4.42 Å². The summed E-state index contributed by atoms with van der Waals surface area (Å²) in [6.45, 7) is 4.34. The van der Waals surface area contributed by atoms with Gasteiger partial charge in [-0.3, -0.25) is 4.79 Å². The predicted octanol–water partition coefficient (Wildman–Crippen LogP) is 3.42. The fourth-order valence-corrected chi connectivity index (χ4v) is 4.85. The van der Waals surface area contributed by atoms with E-state index in [0.29, 0.717) is 24.0 Å². The Labute approximate surface area is 168 Å². The molecule has 1 amide bonds. The van der Waals surface area contributed by atoms with Crippen LogP contribution in [0, 0.1) is 6.92 Å². The molecule has 0 saturated carbocycles. The van der Waals surface area contributed by atoms with Crippen molar-refractivity contribution >= 4 is 33.3 Å². The predicted molar refractivity (Wildman–Crippen MR) is 111 cm³/mol. The number of amides is 1. The first-order valence-corrected chi connectivity index (χ1v) is 10.4. The standard InChI is InChI=1S/C20H25N5O2S/c1-13-16-18(22-11-15-6-4-10-27-15)23-12-24-20(16)28-17(13)19(26)21-8-7-14-5-3-9-25(14)2/h4,6,10,12,14H,3,5,7-9,11H2,1-2H3,(H,21,26)(H,22,23,24)/t14-/m1/s1. The minimum atomic E-state index is -0.0295. The summed E-state index contributed by atoms with van der Waals surface area (Å²) in [5, 5.41) is 7.28. The third-order valence-electron chi connectivity index (χ3n) is 5.38. The number of aromatic nitrogens is 2. The zero-order valence-corrected chi connectivity index (χ0v) is 17.0. The number of carbonyl (C=O) groups excluding carboxylic acids is 1. The first kappa shape index (κ1) is 18.9. The van der Waals surface area contributed by atoms with E-state index in [2.05, 4.69) is 32.5 Å². The highest BCUT2D eigenvalue weighted by Gasteiger charge is 2.22. The number of furan rings is 1. The number of likely N-dealkylation sites (tertiary alicyclic amines) is 1. The van der Waals surface area contributed by atoms with Crippen LogP contribution < -0.4 is 10.6 Å². The number of rotatable bonds is 7. The molecule has 4 rings (SSSR count). The molecule has 1 saturated heterocycles. The van der Waals surface area contributed by atoms with Crippen LogP contribution in [0.4, 0.5) is 5.82 Å². The Bertz CT molecular complexity index is 953. The molecule has 1 atom stereocenters. The summed E-state index contributed by atoms with van der Waals surface area (Å²) in [4.78, 5) is 25.4. The lowest BCUT2D eigenvalue weighted by Gasteiger charge is -2.19. The zero-order valence-electron chi connectivity index (χ0n) is 16.2. The number of thiophene rings is 1. The first-order valence-electron chi connectivity index (χ1n) is 9.62. The fraction of sp³-hybridized carbons (Fsp3) is 0.450. The van der Waals surface area contributed by atoms with Crippen molar-refractivity contribution in [3.8, 4) is 0 Å². The summed E-state index contributed by atoms with van der Waals surface area (Å²) in [7, 11) is 2.16. The summed E-state index contributed by atoms with van der Waals surface area (Å²) in [6.07, 6.45) is 6.63. The number of aryl methyl sites for hydroxylation is 1. The van der Waals surface area contributed by atoms with Gasteiger partial charge in [0.25, 0.3) is 5.91 Å². The molecule has 1 aliphatic heterocycles. The van der Waals surface area contributed by atoms with Gasteiger partial charge in [-0.25, -0.2) is 9.97 Å². The average molecular weight is 400 g/mol. The van der Waals surface area contributed by atoms with Gasteiger partial charge in [0.1, 0.15) is 22.7 Å². The Morgan fingerprint density at radius 1 is 1.43 bits per heavy atom. The number of anilines is 1. The Kier molecular flexibility index (Phi) is 5.59. The van der Waals surface area contributed by atoms with Crippen LogP contribution in [0.3, 0.4) is 0 Å². The van der Waals surface area contributed by atoms with Crippen LogP contribution in [-0.2, 0) is 6.54 Å². The maximum Gasteiger partial charge on any atom is 0.261 e. The van der Waals surface area contributed by atoms with E-state index in [1.54, 1.807) is 6.26 Å². The summed E-state index contributed by atoms with van der Waals surface area (Å²) < 4.78 is 5.36. The molecule has 28 heavy (non-hydrogen) atoms. The van der Waals surface area contributed by atoms with Crippen LogP contribution in [-0.4, -0.2) is 47.0 Å². The second-order valence-electron chi connectivity index (χ2n) is 7.21. The molecule has 0 aromatic carbocycles. The van der Waals surface area contributed by atoms with Crippen molar-refractivity contribution < 1.29 is 9.21 Å². The van der Waals surface area contributed by atoms with Crippen molar-refractivity contribution in [3.05, 3.63) is 40.9 Å². The maximum absolute atomic E-state index is 12.7. The fourth-order valence-electron chi connectivity index (χ4n) is 3.78. The van der Waals surface area contributed by atoms with Crippen molar-refractivity contribution in [2.75, 3.05) is 25.5 Å². The number of nitrogens with zero attached hydrogens (tertiary/aromatic N) is 3. The van der Waals surface area contributed by atoms with Crippen LogP contribution in [0.25, 0.3) is 10.2 Å². The van der Waals surface area contributed by atoms with Crippen LogP contribution in [0.15, 0.2) is 29.1 Å². The van der Waals surface area contributed by atoms with Crippen molar-refractivity contribution in [3.63, 3.8) is 0 Å². The number of hydrogen-bond donors (Lipinski definition) is 2. The molecule has 0 radical (unpaired) electrons. The monoisotopic (exact) mass is 399 g/mol. The van der Waals surface area contributed by atoms with Crippen LogP contribution in [0.2, 0.25) is 0 Å². The van der Waals surface area contributed by atoms with E-state index in [1.807, 2.05) is 19.1 Å². The Morgan fingerprint density at radius 3 is 3.07 bits per heavy atom. The van der Waals surface area contributed by atoms with E-state index in [0.717, 1.165) is 40.3 Å². The molecule has 1 fully saturated rings. The number of carbonyl (C=O) groups is 1. The SMILES string of the molecule is Cc1c(C(=O)NCC[C@H]2CCCN2C)sc2ncnc(NCc3ccco3)c12. The molecule has 0 bridgehead atoms. The zero-order chi connectivity index (χ0) is 19.5.